The molecule has 2 rings (SSSR count). The summed E-state index contributed by atoms with van der Waals surface area (Å²) in [7, 11) is 0. The van der Waals surface area contributed by atoms with E-state index in [-0.39, 0.29) is 18.1 Å². The lowest BCUT2D eigenvalue weighted by atomic mass is 10.0. The number of rotatable bonds is 8. The van der Waals surface area contributed by atoms with Gasteiger partial charge in [-0.25, -0.2) is 4.79 Å². The zero-order valence-electron chi connectivity index (χ0n) is 14.4. The molecule has 27 heavy (non-hydrogen) atoms. The summed E-state index contributed by atoms with van der Waals surface area (Å²) in [6.45, 7) is 0.185. The van der Waals surface area contributed by atoms with Gasteiger partial charge in [-0.1, -0.05) is 18.2 Å². The molecule has 0 saturated heterocycles. The minimum atomic E-state index is -0.682. The number of phenols is 1. The maximum atomic E-state index is 12.3. The van der Waals surface area contributed by atoms with Gasteiger partial charge in [0.25, 0.3) is 0 Å². The van der Waals surface area contributed by atoms with Gasteiger partial charge >= 0.3 is 12.1 Å². The van der Waals surface area contributed by atoms with Crippen molar-refractivity contribution >= 4 is 53.0 Å². The van der Waals surface area contributed by atoms with Gasteiger partial charge in [0.1, 0.15) is 11.9 Å². The van der Waals surface area contributed by atoms with Crippen LogP contribution in [-0.4, -0.2) is 29.5 Å². The maximum absolute atomic E-state index is 12.3. The van der Waals surface area contributed by atoms with Crippen LogP contribution in [-0.2, 0) is 14.3 Å². The van der Waals surface area contributed by atoms with Crippen LogP contribution < -0.4 is 5.32 Å². The first-order valence-electron chi connectivity index (χ1n) is 8.27. The van der Waals surface area contributed by atoms with E-state index in [4.69, 9.17) is 9.47 Å². The lowest BCUT2D eigenvalue weighted by molar-refractivity contribution is -0.140. The van der Waals surface area contributed by atoms with E-state index in [1.165, 1.54) is 0 Å². The SMILES string of the molecule is O=C(CS)OCCC[C@@H](OC(=O)Nc1ccccc1)c1cc(I)ccc1O. The van der Waals surface area contributed by atoms with Gasteiger partial charge in [0.15, 0.2) is 0 Å². The van der Waals surface area contributed by atoms with Gasteiger partial charge in [-0.3, -0.25) is 10.1 Å². The van der Waals surface area contributed by atoms with E-state index in [1.54, 1.807) is 42.5 Å². The summed E-state index contributed by atoms with van der Waals surface area (Å²) in [6, 6.07) is 14.0. The van der Waals surface area contributed by atoms with Crippen molar-refractivity contribution in [3.05, 3.63) is 57.7 Å². The Hall–Kier alpha value is -1.94. The number of esters is 1. The van der Waals surface area contributed by atoms with E-state index in [9.17, 15) is 14.7 Å². The van der Waals surface area contributed by atoms with Gasteiger partial charge in [0.05, 0.1) is 12.4 Å². The molecule has 0 radical (unpaired) electrons. The largest absolute Gasteiger partial charge is 0.508 e. The number of nitrogens with one attached hydrogen (secondary N) is 1. The molecule has 1 atom stereocenters. The summed E-state index contributed by atoms with van der Waals surface area (Å²) in [6.07, 6.45) is -0.460. The van der Waals surface area contributed by atoms with Crippen molar-refractivity contribution in [3.63, 3.8) is 0 Å². The molecule has 0 unspecified atom stereocenters. The summed E-state index contributed by atoms with van der Waals surface area (Å²) >= 11 is 5.97. The summed E-state index contributed by atoms with van der Waals surface area (Å²) in [4.78, 5) is 23.4. The van der Waals surface area contributed by atoms with Crippen LogP contribution in [0.1, 0.15) is 24.5 Å². The lowest BCUT2D eigenvalue weighted by Crippen LogP contribution is -2.18. The molecule has 6 nitrogen and oxygen atoms in total. The zero-order chi connectivity index (χ0) is 19.6. The van der Waals surface area contributed by atoms with Crippen LogP contribution in [0.3, 0.4) is 0 Å². The fraction of sp³-hybridized carbons (Fsp3) is 0.263. The van der Waals surface area contributed by atoms with E-state index >= 15 is 0 Å². The smallest absolute Gasteiger partial charge is 0.412 e. The Kier molecular flexibility index (Phi) is 8.73. The van der Waals surface area contributed by atoms with E-state index < -0.39 is 18.2 Å². The number of hydrogen-bond acceptors (Lipinski definition) is 6. The number of amides is 1. The summed E-state index contributed by atoms with van der Waals surface area (Å²) in [5.74, 6) is -0.355. The van der Waals surface area contributed by atoms with Gasteiger partial charge in [0.2, 0.25) is 0 Å². The fourth-order valence-electron chi connectivity index (χ4n) is 2.36. The molecule has 0 heterocycles. The highest BCUT2D eigenvalue weighted by atomic mass is 127. The molecule has 0 aliphatic rings. The molecule has 0 saturated carbocycles. The number of halogens is 1. The molecular formula is C19H20INO5S. The number of phenolic OH excluding ortho intramolecular Hbond substituents is 1. The van der Waals surface area contributed by atoms with Crippen molar-refractivity contribution in [1.29, 1.82) is 0 Å². The Morgan fingerprint density at radius 2 is 1.93 bits per heavy atom. The average Bonchev–Trinajstić information content (AvgIpc) is 2.66. The van der Waals surface area contributed by atoms with Crippen LogP contribution in [0.15, 0.2) is 48.5 Å². The zero-order valence-corrected chi connectivity index (χ0v) is 17.5. The predicted molar refractivity (Wildman–Crippen MR) is 114 cm³/mol. The Bertz CT molecular complexity index is 772. The molecule has 1 amide bonds. The molecule has 0 aliphatic heterocycles. The van der Waals surface area contributed by atoms with Crippen molar-refractivity contribution in [2.24, 2.45) is 0 Å². The van der Waals surface area contributed by atoms with Gasteiger partial charge < -0.3 is 14.6 Å². The molecule has 2 aromatic carbocycles. The quantitative estimate of drug-likeness (QED) is 0.214. The normalized spacial score (nSPS) is 11.5. The van der Waals surface area contributed by atoms with Crippen LogP contribution in [0, 0.1) is 3.57 Å². The topological polar surface area (TPSA) is 84.9 Å². The van der Waals surface area contributed by atoms with E-state index in [2.05, 4.69) is 40.5 Å². The number of thiol groups is 1. The molecule has 0 aliphatic carbocycles. The van der Waals surface area contributed by atoms with Gasteiger partial charge in [-0.15, -0.1) is 0 Å². The first-order valence-corrected chi connectivity index (χ1v) is 9.98. The van der Waals surface area contributed by atoms with Crippen LogP contribution in [0.5, 0.6) is 5.75 Å². The Balaban J connectivity index is 2.05. The summed E-state index contributed by atoms with van der Waals surface area (Å²) in [5, 5.41) is 12.8. The average molecular weight is 501 g/mol. The molecule has 2 N–H and O–H groups in total. The highest BCUT2D eigenvalue weighted by Gasteiger charge is 2.21. The van der Waals surface area contributed by atoms with Crippen molar-refractivity contribution < 1.29 is 24.2 Å². The second kappa shape index (κ2) is 11.0. The molecule has 2 aromatic rings. The monoisotopic (exact) mass is 501 g/mol. The van der Waals surface area contributed by atoms with Crippen LogP contribution in [0.4, 0.5) is 10.5 Å². The fourth-order valence-corrected chi connectivity index (χ4v) is 2.97. The number of hydrogen-bond donors (Lipinski definition) is 3. The minimum absolute atomic E-state index is 0.0110. The van der Waals surface area contributed by atoms with Gasteiger partial charge in [-0.05, 0) is 65.8 Å². The van der Waals surface area contributed by atoms with E-state index in [1.807, 2.05) is 6.07 Å². The molecule has 0 spiro atoms. The Morgan fingerprint density at radius 3 is 2.63 bits per heavy atom. The van der Waals surface area contributed by atoms with E-state index in [0.29, 0.717) is 24.1 Å². The molecule has 0 fully saturated rings. The summed E-state index contributed by atoms with van der Waals surface area (Å²) < 4.78 is 11.4. The Morgan fingerprint density at radius 1 is 1.19 bits per heavy atom. The number of ether oxygens (including phenoxy) is 2. The van der Waals surface area contributed by atoms with Crippen LogP contribution in [0.2, 0.25) is 0 Å². The minimum Gasteiger partial charge on any atom is -0.508 e. The van der Waals surface area contributed by atoms with Crippen LogP contribution >= 0.6 is 35.2 Å². The maximum Gasteiger partial charge on any atom is 0.412 e. The van der Waals surface area contributed by atoms with Gasteiger partial charge in [-0.2, -0.15) is 12.6 Å². The third-order valence-corrected chi connectivity index (χ3v) is 4.54. The van der Waals surface area contributed by atoms with Crippen molar-refractivity contribution in [3.8, 4) is 5.75 Å². The van der Waals surface area contributed by atoms with Crippen molar-refractivity contribution in [1.82, 2.24) is 0 Å². The van der Waals surface area contributed by atoms with E-state index in [0.717, 1.165) is 3.57 Å². The standard InChI is InChI=1S/C19H20INO5S/c20-13-8-9-16(22)15(11-13)17(7-4-10-25-18(23)12-27)26-19(24)21-14-5-2-1-3-6-14/h1-3,5-6,8-9,11,17,22,27H,4,7,10,12H2,(H,21,24)/t17-/m1/s1. The van der Waals surface area contributed by atoms with Crippen molar-refractivity contribution in [2.45, 2.75) is 18.9 Å². The summed E-state index contributed by atoms with van der Waals surface area (Å²) in [5.41, 5.74) is 1.11. The lowest BCUT2D eigenvalue weighted by Gasteiger charge is -2.20. The second-order valence-electron chi connectivity index (χ2n) is 5.61. The highest BCUT2D eigenvalue weighted by molar-refractivity contribution is 14.1. The molecule has 144 valence electrons. The van der Waals surface area contributed by atoms with Crippen molar-refractivity contribution in [2.75, 3.05) is 17.7 Å². The number of anilines is 1. The Labute approximate surface area is 176 Å². The predicted octanol–water partition coefficient (Wildman–Crippen LogP) is 4.54. The number of aromatic hydroxyl groups is 1. The number of para-hydroxylation sites is 1. The number of carbonyl (C=O) groups is 2. The molecule has 0 bridgehead atoms. The first-order chi connectivity index (χ1) is 13.0. The third-order valence-electron chi connectivity index (χ3n) is 3.61. The highest BCUT2D eigenvalue weighted by Crippen LogP contribution is 2.32. The third kappa shape index (κ3) is 7.30. The van der Waals surface area contributed by atoms with Gasteiger partial charge in [0, 0.05) is 14.8 Å². The second-order valence-corrected chi connectivity index (χ2v) is 7.17. The first kappa shape index (κ1) is 21.4. The number of benzene rings is 2. The molecule has 8 heteroatoms. The molecule has 0 aromatic heterocycles. The molecular weight excluding hydrogens is 481 g/mol. The van der Waals surface area contributed by atoms with Crippen LogP contribution in [0.25, 0.3) is 0 Å². The number of carbonyl (C=O) groups excluding carboxylic acids is 2.